The Hall–Kier alpha value is -3.43. The molecule has 0 bridgehead atoms. The summed E-state index contributed by atoms with van der Waals surface area (Å²) >= 11 is 2.83. The normalized spacial score (nSPS) is 11.8. The standard InChI is InChI=1S/C24H23N3O4S2/c1-14-4-6-17(7-5-14)22-15(2)33-24(26-22)27-23(31)16(3)32-19-10-8-18(9-11-19)25-20(28)12-13-21(29)30/h4-13,16H,1-3H3,(H,25,28)(H,29,30)(H,26,27,31)/b13-12+. The molecule has 7 nitrogen and oxygen atoms in total. The number of hydrogen-bond acceptors (Lipinski definition) is 6. The first-order valence-electron chi connectivity index (χ1n) is 10.1. The van der Waals surface area contributed by atoms with Crippen LogP contribution in [0, 0.1) is 13.8 Å². The third-order valence-electron chi connectivity index (χ3n) is 4.53. The number of hydrogen-bond donors (Lipinski definition) is 3. The highest BCUT2D eigenvalue weighted by Gasteiger charge is 2.18. The number of anilines is 2. The molecule has 1 aromatic heterocycles. The van der Waals surface area contributed by atoms with Gasteiger partial charge in [0.05, 0.1) is 10.9 Å². The van der Waals surface area contributed by atoms with Gasteiger partial charge in [-0.15, -0.1) is 23.1 Å². The quantitative estimate of drug-likeness (QED) is 0.304. The minimum absolute atomic E-state index is 0.152. The predicted octanol–water partition coefficient (Wildman–Crippen LogP) is 5.13. The molecule has 1 heterocycles. The predicted molar refractivity (Wildman–Crippen MR) is 133 cm³/mol. The van der Waals surface area contributed by atoms with Crippen molar-refractivity contribution in [3.63, 3.8) is 0 Å². The second kappa shape index (κ2) is 10.9. The van der Waals surface area contributed by atoms with Crippen LogP contribution in [0.25, 0.3) is 11.3 Å². The smallest absolute Gasteiger partial charge is 0.328 e. The molecular formula is C24H23N3O4S2. The number of aliphatic carboxylic acids is 1. The van der Waals surface area contributed by atoms with Gasteiger partial charge in [0.2, 0.25) is 11.8 Å². The summed E-state index contributed by atoms with van der Waals surface area (Å²) in [6, 6.07) is 15.1. The third-order valence-corrected chi connectivity index (χ3v) is 6.53. The molecule has 0 aliphatic carbocycles. The number of carboxylic acid groups (broad SMARTS) is 1. The molecular weight excluding hydrogens is 458 g/mol. The van der Waals surface area contributed by atoms with Crippen molar-refractivity contribution in [2.24, 2.45) is 0 Å². The number of carbonyl (C=O) groups excluding carboxylic acids is 2. The Labute approximate surface area is 200 Å². The molecule has 0 saturated heterocycles. The van der Waals surface area contributed by atoms with E-state index in [0.717, 1.165) is 33.2 Å². The number of thioether (sulfide) groups is 1. The van der Waals surface area contributed by atoms with Crippen molar-refractivity contribution in [3.8, 4) is 11.3 Å². The van der Waals surface area contributed by atoms with Gasteiger partial charge in [-0.2, -0.15) is 0 Å². The van der Waals surface area contributed by atoms with Crippen LogP contribution in [0.2, 0.25) is 0 Å². The number of thiazole rings is 1. The minimum Gasteiger partial charge on any atom is -0.478 e. The van der Waals surface area contributed by atoms with Gasteiger partial charge in [-0.05, 0) is 45.0 Å². The first-order chi connectivity index (χ1) is 15.7. The van der Waals surface area contributed by atoms with Gasteiger partial charge in [-0.1, -0.05) is 29.8 Å². The average Bonchev–Trinajstić information content (AvgIpc) is 3.14. The number of benzene rings is 2. The van der Waals surface area contributed by atoms with Crippen LogP contribution in [0.1, 0.15) is 17.4 Å². The number of carbonyl (C=O) groups is 3. The van der Waals surface area contributed by atoms with E-state index < -0.39 is 11.9 Å². The maximum absolute atomic E-state index is 12.7. The van der Waals surface area contributed by atoms with Crippen molar-refractivity contribution in [3.05, 3.63) is 71.1 Å². The number of rotatable bonds is 8. The molecule has 3 rings (SSSR count). The molecule has 3 aromatic rings. The molecule has 2 aromatic carbocycles. The van der Waals surface area contributed by atoms with Crippen LogP contribution in [0.4, 0.5) is 10.8 Å². The zero-order chi connectivity index (χ0) is 24.0. The summed E-state index contributed by atoms with van der Waals surface area (Å²) < 4.78 is 0. The van der Waals surface area contributed by atoms with Gasteiger partial charge >= 0.3 is 5.97 Å². The van der Waals surface area contributed by atoms with Gasteiger partial charge in [-0.3, -0.25) is 9.59 Å². The summed E-state index contributed by atoms with van der Waals surface area (Å²) in [6.45, 7) is 5.83. The molecule has 33 heavy (non-hydrogen) atoms. The summed E-state index contributed by atoms with van der Waals surface area (Å²) in [4.78, 5) is 41.3. The highest BCUT2D eigenvalue weighted by molar-refractivity contribution is 8.00. The highest BCUT2D eigenvalue weighted by Crippen LogP contribution is 2.31. The van der Waals surface area contributed by atoms with E-state index in [0.29, 0.717) is 10.8 Å². The fraction of sp³-hybridized carbons (Fsp3) is 0.167. The van der Waals surface area contributed by atoms with Gasteiger partial charge in [0.15, 0.2) is 5.13 Å². The van der Waals surface area contributed by atoms with Crippen molar-refractivity contribution in [1.82, 2.24) is 4.98 Å². The van der Waals surface area contributed by atoms with Gasteiger partial charge in [0, 0.05) is 33.2 Å². The highest BCUT2D eigenvalue weighted by atomic mass is 32.2. The largest absolute Gasteiger partial charge is 0.478 e. The van der Waals surface area contributed by atoms with E-state index in [2.05, 4.69) is 15.6 Å². The second-order valence-electron chi connectivity index (χ2n) is 7.22. The SMILES string of the molecule is Cc1ccc(-c2nc(NC(=O)C(C)Sc3ccc(NC(=O)/C=C/C(=O)O)cc3)sc2C)cc1. The van der Waals surface area contributed by atoms with Crippen LogP contribution in [0.15, 0.2) is 65.6 Å². The molecule has 9 heteroatoms. The van der Waals surface area contributed by atoms with Gasteiger partial charge in [0.25, 0.3) is 0 Å². The molecule has 0 aliphatic heterocycles. The zero-order valence-corrected chi connectivity index (χ0v) is 19.9. The van der Waals surface area contributed by atoms with Crippen molar-refractivity contribution in [2.75, 3.05) is 10.6 Å². The first kappa shape index (κ1) is 24.2. The van der Waals surface area contributed by atoms with E-state index in [9.17, 15) is 14.4 Å². The lowest BCUT2D eigenvalue weighted by atomic mass is 10.1. The Kier molecular flexibility index (Phi) is 8.02. The zero-order valence-electron chi connectivity index (χ0n) is 18.3. The van der Waals surface area contributed by atoms with E-state index in [-0.39, 0.29) is 11.2 Å². The van der Waals surface area contributed by atoms with E-state index in [1.165, 1.54) is 28.7 Å². The molecule has 0 saturated carbocycles. The van der Waals surface area contributed by atoms with E-state index in [1.54, 1.807) is 24.3 Å². The van der Waals surface area contributed by atoms with Crippen LogP contribution in [0.5, 0.6) is 0 Å². The molecule has 0 fully saturated rings. The lowest BCUT2D eigenvalue weighted by Gasteiger charge is -2.11. The maximum atomic E-state index is 12.7. The first-order valence-corrected chi connectivity index (χ1v) is 11.7. The molecule has 1 atom stereocenters. The topological polar surface area (TPSA) is 108 Å². The number of carboxylic acids is 1. The average molecular weight is 482 g/mol. The summed E-state index contributed by atoms with van der Waals surface area (Å²) in [5.41, 5.74) is 3.59. The summed E-state index contributed by atoms with van der Waals surface area (Å²) in [5, 5.41) is 14.2. The number of nitrogens with one attached hydrogen (secondary N) is 2. The molecule has 0 spiro atoms. The number of amides is 2. The van der Waals surface area contributed by atoms with Crippen molar-refractivity contribution in [2.45, 2.75) is 30.9 Å². The van der Waals surface area contributed by atoms with Gasteiger partial charge in [0.1, 0.15) is 0 Å². The van der Waals surface area contributed by atoms with Crippen molar-refractivity contribution >= 4 is 51.7 Å². The lowest BCUT2D eigenvalue weighted by molar-refractivity contribution is -0.131. The lowest BCUT2D eigenvalue weighted by Crippen LogP contribution is -2.22. The Morgan fingerprint density at radius 1 is 1.00 bits per heavy atom. The number of nitrogens with zero attached hydrogens (tertiary/aromatic N) is 1. The van der Waals surface area contributed by atoms with Crippen LogP contribution in [-0.2, 0) is 14.4 Å². The summed E-state index contributed by atoms with van der Waals surface area (Å²) in [6.07, 6.45) is 1.72. The fourth-order valence-electron chi connectivity index (χ4n) is 2.84. The van der Waals surface area contributed by atoms with Crippen molar-refractivity contribution in [1.29, 1.82) is 0 Å². The molecule has 3 N–H and O–H groups in total. The molecule has 170 valence electrons. The van der Waals surface area contributed by atoms with Crippen LogP contribution >= 0.6 is 23.1 Å². The Balaban J connectivity index is 1.57. The molecule has 2 amide bonds. The van der Waals surface area contributed by atoms with Crippen LogP contribution in [0.3, 0.4) is 0 Å². The minimum atomic E-state index is -1.19. The number of aryl methyl sites for hydroxylation is 2. The Bertz CT molecular complexity index is 1190. The Morgan fingerprint density at radius 2 is 1.67 bits per heavy atom. The van der Waals surface area contributed by atoms with E-state index >= 15 is 0 Å². The van der Waals surface area contributed by atoms with Crippen molar-refractivity contribution < 1.29 is 19.5 Å². The Morgan fingerprint density at radius 3 is 2.30 bits per heavy atom. The number of aromatic nitrogens is 1. The maximum Gasteiger partial charge on any atom is 0.328 e. The monoisotopic (exact) mass is 481 g/mol. The van der Waals surface area contributed by atoms with E-state index in [4.69, 9.17) is 5.11 Å². The summed E-state index contributed by atoms with van der Waals surface area (Å²) in [7, 11) is 0. The van der Waals surface area contributed by atoms with E-state index in [1.807, 2.05) is 45.0 Å². The second-order valence-corrected chi connectivity index (χ2v) is 9.84. The van der Waals surface area contributed by atoms with Gasteiger partial charge in [-0.25, -0.2) is 9.78 Å². The third kappa shape index (κ3) is 7.03. The van der Waals surface area contributed by atoms with Crippen LogP contribution < -0.4 is 10.6 Å². The fourth-order valence-corrected chi connectivity index (χ4v) is 4.55. The molecule has 0 radical (unpaired) electrons. The molecule has 1 unspecified atom stereocenters. The van der Waals surface area contributed by atoms with Gasteiger partial charge < -0.3 is 15.7 Å². The van der Waals surface area contributed by atoms with Crippen LogP contribution in [-0.4, -0.2) is 33.1 Å². The summed E-state index contributed by atoms with van der Waals surface area (Å²) in [5.74, 6) is -1.88. The molecule has 0 aliphatic rings.